The molecule has 0 aromatic heterocycles. The second-order valence-electron chi connectivity index (χ2n) is 4.34. The van der Waals surface area contributed by atoms with Gasteiger partial charge in [0.25, 0.3) is 0 Å². The Bertz CT molecular complexity index is 370. The van der Waals surface area contributed by atoms with E-state index in [1.807, 2.05) is 26.8 Å². The van der Waals surface area contributed by atoms with Gasteiger partial charge >= 0.3 is 8.80 Å². The van der Waals surface area contributed by atoms with Gasteiger partial charge in [-0.25, -0.2) is 0 Å². The van der Waals surface area contributed by atoms with Gasteiger partial charge in [0.2, 0.25) is 0 Å². The van der Waals surface area contributed by atoms with Gasteiger partial charge in [-0.05, 0) is 44.9 Å². The van der Waals surface area contributed by atoms with E-state index >= 15 is 0 Å². The monoisotopic (exact) mass is 314 g/mol. The lowest BCUT2D eigenvalue weighted by molar-refractivity contribution is 0.0857. The van der Waals surface area contributed by atoms with Crippen LogP contribution in [0.4, 0.5) is 0 Å². The van der Waals surface area contributed by atoms with Gasteiger partial charge in [0.1, 0.15) is 0 Å². The molecule has 0 aliphatic carbocycles. The maximum Gasteiger partial charge on any atom is 0.537 e. The number of hydrogen-bond donors (Lipinski definition) is 1. The molecule has 0 amide bonds. The topological polar surface area (TPSA) is 27.7 Å². The molecule has 20 heavy (non-hydrogen) atoms. The van der Waals surface area contributed by atoms with Crippen molar-refractivity contribution in [1.82, 2.24) is 0 Å². The largest absolute Gasteiger partial charge is 0.537 e. The van der Waals surface area contributed by atoms with Crippen molar-refractivity contribution in [2.24, 2.45) is 0 Å². The second kappa shape index (κ2) is 9.58. The van der Waals surface area contributed by atoms with Crippen LogP contribution in [0.5, 0.6) is 0 Å². The predicted octanol–water partition coefficient (Wildman–Crippen LogP) is 2.80. The number of thiol groups is 1. The summed E-state index contributed by atoms with van der Waals surface area (Å²) in [6, 6.07) is 8.30. The highest BCUT2D eigenvalue weighted by Crippen LogP contribution is 2.15. The summed E-state index contributed by atoms with van der Waals surface area (Å²) in [7, 11) is -2.79. The molecule has 0 saturated heterocycles. The Hall–Kier alpha value is -0.333. The van der Waals surface area contributed by atoms with Crippen LogP contribution in [0, 0.1) is 0 Å². The van der Waals surface area contributed by atoms with Crippen molar-refractivity contribution in [2.75, 3.05) is 25.6 Å². The van der Waals surface area contributed by atoms with Gasteiger partial charge < -0.3 is 13.3 Å². The molecule has 5 heteroatoms. The van der Waals surface area contributed by atoms with E-state index in [1.165, 1.54) is 5.56 Å². The second-order valence-corrected chi connectivity index (χ2v) is 7.30. The lowest BCUT2D eigenvalue weighted by atomic mass is 10.1. The Morgan fingerprint density at radius 2 is 1.50 bits per heavy atom. The average Bonchev–Trinajstić information content (AvgIpc) is 2.46. The molecule has 0 saturated carbocycles. The normalized spacial score (nSPS) is 11.8. The zero-order chi connectivity index (χ0) is 14.8. The van der Waals surface area contributed by atoms with Crippen molar-refractivity contribution in [3.8, 4) is 0 Å². The first-order valence-corrected chi connectivity index (χ1v) is 9.70. The van der Waals surface area contributed by atoms with Gasteiger partial charge in [-0.1, -0.05) is 24.3 Å². The van der Waals surface area contributed by atoms with Crippen LogP contribution in [0.2, 0.25) is 0 Å². The van der Waals surface area contributed by atoms with E-state index in [9.17, 15) is 0 Å². The van der Waals surface area contributed by atoms with Gasteiger partial charge in [0.15, 0.2) is 0 Å². The first-order chi connectivity index (χ1) is 9.74. The van der Waals surface area contributed by atoms with E-state index in [2.05, 4.69) is 30.8 Å². The Balaban J connectivity index is 3.16. The smallest absolute Gasteiger partial charge is 0.370 e. The molecule has 0 radical (unpaired) electrons. The summed E-state index contributed by atoms with van der Waals surface area (Å²) in [4.78, 5) is 0. The number of rotatable bonds is 10. The zero-order valence-electron chi connectivity index (χ0n) is 12.7. The van der Waals surface area contributed by atoms with Crippen LogP contribution in [-0.4, -0.2) is 34.4 Å². The highest BCUT2D eigenvalue weighted by molar-refractivity contribution is 7.80. The molecule has 3 nitrogen and oxygen atoms in total. The van der Waals surface area contributed by atoms with E-state index in [4.69, 9.17) is 13.3 Å². The zero-order valence-corrected chi connectivity index (χ0v) is 14.6. The summed E-state index contributed by atoms with van der Waals surface area (Å²) in [5.41, 5.74) is 1.25. The van der Waals surface area contributed by atoms with Crippen LogP contribution in [0.25, 0.3) is 0 Å². The maximum absolute atomic E-state index is 5.99. The fraction of sp³-hybridized carbons (Fsp3) is 0.600. The Morgan fingerprint density at radius 1 is 0.950 bits per heavy atom. The molecular formula is C15H26O3SSi. The highest BCUT2D eigenvalue weighted by atomic mass is 32.1. The van der Waals surface area contributed by atoms with Crippen LogP contribution in [-0.2, 0) is 19.7 Å². The molecule has 0 heterocycles. The minimum absolute atomic E-state index is 0.590. The molecule has 1 aromatic rings. The summed E-state index contributed by atoms with van der Waals surface area (Å²) in [6.45, 7) is 7.72. The molecule has 0 bridgehead atoms. The van der Waals surface area contributed by atoms with E-state index in [0.717, 1.165) is 23.8 Å². The van der Waals surface area contributed by atoms with Crippen molar-refractivity contribution in [3.05, 3.63) is 29.8 Å². The lowest BCUT2D eigenvalue weighted by Crippen LogP contribution is -2.58. The SMILES string of the molecule is CCO[Si](OCC)(OCC)c1ccccc1CCCS. The number of aryl methyl sites for hydroxylation is 1. The molecule has 1 rings (SSSR count). The summed E-state index contributed by atoms with van der Waals surface area (Å²) >= 11 is 4.30. The average molecular weight is 315 g/mol. The first kappa shape index (κ1) is 17.7. The van der Waals surface area contributed by atoms with Crippen molar-refractivity contribution < 1.29 is 13.3 Å². The maximum atomic E-state index is 5.99. The number of benzene rings is 1. The molecule has 0 N–H and O–H groups in total. The molecule has 0 spiro atoms. The van der Waals surface area contributed by atoms with Crippen molar-refractivity contribution in [1.29, 1.82) is 0 Å². The third-order valence-electron chi connectivity index (χ3n) is 2.95. The summed E-state index contributed by atoms with van der Waals surface area (Å²) in [5, 5.41) is 1.10. The van der Waals surface area contributed by atoms with E-state index in [1.54, 1.807) is 0 Å². The minimum atomic E-state index is -2.79. The lowest BCUT2D eigenvalue weighted by Gasteiger charge is -2.30. The summed E-state index contributed by atoms with van der Waals surface area (Å²) in [5.74, 6) is 0.876. The molecule has 1 aromatic carbocycles. The molecule has 114 valence electrons. The standard InChI is InChI=1S/C15H26O3SSi/c1-4-16-20(17-5-2,18-6-3)15-12-8-7-10-14(15)11-9-13-19/h7-8,10,12,19H,4-6,9,11,13H2,1-3H3. The van der Waals surface area contributed by atoms with Gasteiger partial charge in [-0.3, -0.25) is 0 Å². The predicted molar refractivity (Wildman–Crippen MR) is 88.9 cm³/mol. The Morgan fingerprint density at radius 3 is 2.00 bits per heavy atom. The van der Waals surface area contributed by atoms with E-state index in [0.29, 0.717) is 19.8 Å². The van der Waals surface area contributed by atoms with Gasteiger partial charge in [-0.2, -0.15) is 12.6 Å². The van der Waals surface area contributed by atoms with Crippen molar-refractivity contribution in [2.45, 2.75) is 33.6 Å². The van der Waals surface area contributed by atoms with Crippen LogP contribution in [0.15, 0.2) is 24.3 Å². The highest BCUT2D eigenvalue weighted by Gasteiger charge is 2.44. The minimum Gasteiger partial charge on any atom is -0.370 e. The fourth-order valence-electron chi connectivity index (χ4n) is 2.23. The van der Waals surface area contributed by atoms with E-state index < -0.39 is 8.80 Å². The van der Waals surface area contributed by atoms with Gasteiger partial charge in [0.05, 0.1) is 0 Å². The summed E-state index contributed by atoms with van der Waals surface area (Å²) < 4.78 is 18.0. The third-order valence-corrected chi connectivity index (χ3v) is 6.42. The van der Waals surface area contributed by atoms with Crippen LogP contribution >= 0.6 is 12.6 Å². The van der Waals surface area contributed by atoms with Gasteiger partial charge in [0, 0.05) is 25.0 Å². The molecule has 0 aliphatic rings. The quantitative estimate of drug-likeness (QED) is 0.531. The molecule has 0 fully saturated rings. The van der Waals surface area contributed by atoms with Gasteiger partial charge in [-0.15, -0.1) is 0 Å². The number of hydrogen-bond acceptors (Lipinski definition) is 4. The van der Waals surface area contributed by atoms with Crippen LogP contribution in [0.3, 0.4) is 0 Å². The summed E-state index contributed by atoms with van der Waals surface area (Å²) in [6.07, 6.45) is 2.01. The van der Waals surface area contributed by atoms with E-state index in [-0.39, 0.29) is 0 Å². The first-order valence-electron chi connectivity index (χ1n) is 7.35. The molecule has 0 unspecified atom stereocenters. The van der Waals surface area contributed by atoms with Crippen molar-refractivity contribution >= 4 is 26.6 Å². The van der Waals surface area contributed by atoms with Crippen LogP contribution < -0.4 is 5.19 Å². The Kier molecular flexibility index (Phi) is 8.48. The molecular weight excluding hydrogens is 288 g/mol. The third kappa shape index (κ3) is 4.60. The van der Waals surface area contributed by atoms with Crippen molar-refractivity contribution in [3.63, 3.8) is 0 Å². The molecule has 0 aliphatic heterocycles. The Labute approximate surface area is 129 Å². The fourth-order valence-corrected chi connectivity index (χ4v) is 5.15. The molecule has 0 atom stereocenters. The van der Waals surface area contributed by atoms with Crippen LogP contribution in [0.1, 0.15) is 32.8 Å².